The number of carbonyl (C=O) groups is 1. The van der Waals surface area contributed by atoms with E-state index in [2.05, 4.69) is 41.4 Å². The van der Waals surface area contributed by atoms with Gasteiger partial charge in [0.2, 0.25) is 5.91 Å². The van der Waals surface area contributed by atoms with E-state index in [1.807, 2.05) is 0 Å². The molecule has 0 radical (unpaired) electrons. The third-order valence-electron chi connectivity index (χ3n) is 4.36. The van der Waals surface area contributed by atoms with Crippen LogP contribution in [-0.2, 0) is 11.2 Å². The SMILES string of the molecule is CCCCNC(=O)CN(CCO)C1CCCc2ccccc21. The van der Waals surface area contributed by atoms with Gasteiger partial charge in [-0.05, 0) is 36.8 Å². The number of nitrogens with one attached hydrogen (secondary N) is 1. The van der Waals surface area contributed by atoms with Gasteiger partial charge < -0.3 is 10.4 Å². The van der Waals surface area contributed by atoms with Crippen LogP contribution in [0.25, 0.3) is 0 Å². The highest BCUT2D eigenvalue weighted by Gasteiger charge is 2.26. The van der Waals surface area contributed by atoms with Gasteiger partial charge in [-0.15, -0.1) is 0 Å². The van der Waals surface area contributed by atoms with E-state index in [4.69, 9.17) is 0 Å². The smallest absolute Gasteiger partial charge is 0.234 e. The fraction of sp³-hybridized carbons (Fsp3) is 0.611. The Labute approximate surface area is 133 Å². The van der Waals surface area contributed by atoms with Crippen LogP contribution in [0.3, 0.4) is 0 Å². The summed E-state index contributed by atoms with van der Waals surface area (Å²) in [6.45, 7) is 3.84. The Morgan fingerprint density at radius 3 is 3.00 bits per heavy atom. The topological polar surface area (TPSA) is 52.6 Å². The molecule has 0 aliphatic heterocycles. The van der Waals surface area contributed by atoms with Crippen molar-refractivity contribution in [3.63, 3.8) is 0 Å². The number of unbranched alkanes of at least 4 members (excludes halogenated alkanes) is 1. The zero-order chi connectivity index (χ0) is 15.8. The molecule has 1 aromatic carbocycles. The summed E-state index contributed by atoms with van der Waals surface area (Å²) >= 11 is 0. The number of hydrogen-bond donors (Lipinski definition) is 2. The molecule has 0 spiro atoms. The van der Waals surface area contributed by atoms with Crippen molar-refractivity contribution < 1.29 is 9.90 Å². The van der Waals surface area contributed by atoms with Crippen molar-refractivity contribution in [2.45, 2.75) is 45.1 Å². The number of aliphatic hydroxyl groups excluding tert-OH is 1. The van der Waals surface area contributed by atoms with Gasteiger partial charge in [-0.2, -0.15) is 0 Å². The van der Waals surface area contributed by atoms with Gasteiger partial charge in [0.05, 0.1) is 13.2 Å². The molecule has 4 heteroatoms. The first kappa shape index (κ1) is 17.0. The second kappa shape index (κ2) is 8.91. The molecular weight excluding hydrogens is 276 g/mol. The van der Waals surface area contributed by atoms with Crippen molar-refractivity contribution in [3.8, 4) is 0 Å². The number of amides is 1. The van der Waals surface area contributed by atoms with Crippen LogP contribution in [0.4, 0.5) is 0 Å². The molecule has 2 rings (SSSR count). The number of aryl methyl sites for hydroxylation is 1. The minimum Gasteiger partial charge on any atom is -0.395 e. The molecule has 122 valence electrons. The van der Waals surface area contributed by atoms with Gasteiger partial charge >= 0.3 is 0 Å². The molecule has 0 saturated heterocycles. The van der Waals surface area contributed by atoms with Crippen molar-refractivity contribution >= 4 is 5.91 Å². The molecule has 1 aliphatic carbocycles. The molecule has 2 N–H and O–H groups in total. The average molecular weight is 304 g/mol. The minimum absolute atomic E-state index is 0.0601. The lowest BCUT2D eigenvalue weighted by Crippen LogP contribution is -2.41. The van der Waals surface area contributed by atoms with Crippen LogP contribution in [0, 0.1) is 0 Å². The van der Waals surface area contributed by atoms with E-state index in [0.29, 0.717) is 13.1 Å². The summed E-state index contributed by atoms with van der Waals surface area (Å²) in [4.78, 5) is 14.2. The van der Waals surface area contributed by atoms with Crippen LogP contribution in [0.2, 0.25) is 0 Å². The molecule has 1 aromatic rings. The van der Waals surface area contributed by atoms with E-state index in [9.17, 15) is 9.90 Å². The maximum atomic E-state index is 12.1. The molecule has 4 nitrogen and oxygen atoms in total. The molecule has 1 amide bonds. The second-order valence-corrected chi connectivity index (χ2v) is 6.00. The Kier molecular flexibility index (Phi) is 6.87. The van der Waals surface area contributed by atoms with Gasteiger partial charge in [0.15, 0.2) is 0 Å². The van der Waals surface area contributed by atoms with Crippen LogP contribution in [0.15, 0.2) is 24.3 Å². The summed E-state index contributed by atoms with van der Waals surface area (Å²) in [7, 11) is 0. The van der Waals surface area contributed by atoms with Gasteiger partial charge in [0, 0.05) is 19.1 Å². The summed E-state index contributed by atoms with van der Waals surface area (Å²) in [6, 6.07) is 8.73. The molecule has 22 heavy (non-hydrogen) atoms. The van der Waals surface area contributed by atoms with Crippen molar-refractivity contribution in [2.24, 2.45) is 0 Å². The summed E-state index contributed by atoms with van der Waals surface area (Å²) in [5.74, 6) is 0.0601. The Balaban J connectivity index is 2.03. The van der Waals surface area contributed by atoms with E-state index in [-0.39, 0.29) is 18.6 Å². The fourth-order valence-corrected chi connectivity index (χ4v) is 3.23. The van der Waals surface area contributed by atoms with Crippen molar-refractivity contribution in [2.75, 3.05) is 26.2 Å². The Hall–Kier alpha value is -1.39. The predicted octanol–water partition coefficient (Wildman–Crippen LogP) is 2.27. The van der Waals surface area contributed by atoms with Crippen molar-refractivity contribution in [1.82, 2.24) is 10.2 Å². The number of fused-ring (bicyclic) bond motifs is 1. The molecule has 0 saturated carbocycles. The fourth-order valence-electron chi connectivity index (χ4n) is 3.23. The first-order valence-electron chi connectivity index (χ1n) is 8.45. The molecule has 0 fully saturated rings. The number of nitrogens with zero attached hydrogens (tertiary/aromatic N) is 1. The maximum absolute atomic E-state index is 12.1. The third kappa shape index (κ3) is 4.55. The van der Waals surface area contributed by atoms with Crippen LogP contribution >= 0.6 is 0 Å². The largest absolute Gasteiger partial charge is 0.395 e. The van der Waals surface area contributed by atoms with Crippen molar-refractivity contribution in [1.29, 1.82) is 0 Å². The first-order chi connectivity index (χ1) is 10.8. The van der Waals surface area contributed by atoms with E-state index in [0.717, 1.165) is 38.6 Å². The highest BCUT2D eigenvalue weighted by Crippen LogP contribution is 2.33. The van der Waals surface area contributed by atoms with E-state index < -0.39 is 0 Å². The maximum Gasteiger partial charge on any atom is 0.234 e. The van der Waals surface area contributed by atoms with Crippen LogP contribution < -0.4 is 5.32 Å². The third-order valence-corrected chi connectivity index (χ3v) is 4.36. The van der Waals surface area contributed by atoms with Gasteiger partial charge in [0.25, 0.3) is 0 Å². The zero-order valence-corrected chi connectivity index (χ0v) is 13.6. The standard InChI is InChI=1S/C18H28N2O2/c1-2-3-11-19-18(22)14-20(12-13-21)17-10-6-8-15-7-4-5-9-16(15)17/h4-5,7,9,17,21H,2-3,6,8,10-14H2,1H3,(H,19,22). The van der Waals surface area contributed by atoms with E-state index >= 15 is 0 Å². The Bertz CT molecular complexity index is 476. The first-order valence-corrected chi connectivity index (χ1v) is 8.45. The molecule has 0 bridgehead atoms. The van der Waals surface area contributed by atoms with Crippen LogP contribution in [0.5, 0.6) is 0 Å². The minimum atomic E-state index is 0.0601. The number of carbonyl (C=O) groups excluding carboxylic acids is 1. The van der Waals surface area contributed by atoms with Crippen LogP contribution in [0.1, 0.15) is 49.8 Å². The molecular formula is C18H28N2O2. The Morgan fingerprint density at radius 2 is 2.23 bits per heavy atom. The number of rotatable bonds is 8. The highest BCUT2D eigenvalue weighted by atomic mass is 16.3. The summed E-state index contributed by atoms with van der Waals surface area (Å²) < 4.78 is 0. The monoisotopic (exact) mass is 304 g/mol. The highest BCUT2D eigenvalue weighted by molar-refractivity contribution is 5.78. The lowest BCUT2D eigenvalue weighted by atomic mass is 9.87. The molecule has 1 aliphatic rings. The van der Waals surface area contributed by atoms with Crippen LogP contribution in [-0.4, -0.2) is 42.2 Å². The summed E-state index contributed by atoms with van der Waals surface area (Å²) in [5.41, 5.74) is 2.71. The van der Waals surface area contributed by atoms with Gasteiger partial charge in [0.1, 0.15) is 0 Å². The summed E-state index contributed by atoms with van der Waals surface area (Å²) in [6.07, 6.45) is 5.40. The normalized spacial score (nSPS) is 17.3. The Morgan fingerprint density at radius 1 is 1.41 bits per heavy atom. The van der Waals surface area contributed by atoms with E-state index in [1.165, 1.54) is 11.1 Å². The van der Waals surface area contributed by atoms with Crippen molar-refractivity contribution in [3.05, 3.63) is 35.4 Å². The average Bonchev–Trinajstić information content (AvgIpc) is 2.54. The molecule has 0 heterocycles. The quantitative estimate of drug-likeness (QED) is 0.725. The lowest BCUT2D eigenvalue weighted by Gasteiger charge is -2.35. The number of aliphatic hydroxyl groups is 1. The predicted molar refractivity (Wildman–Crippen MR) is 88.7 cm³/mol. The van der Waals surface area contributed by atoms with Gasteiger partial charge in [-0.1, -0.05) is 37.6 Å². The molecule has 1 unspecified atom stereocenters. The van der Waals surface area contributed by atoms with Gasteiger partial charge in [-0.3, -0.25) is 9.69 Å². The molecule has 0 aromatic heterocycles. The lowest BCUT2D eigenvalue weighted by molar-refractivity contribution is -0.123. The number of benzene rings is 1. The summed E-state index contributed by atoms with van der Waals surface area (Å²) in [5, 5.41) is 12.3. The molecule has 1 atom stereocenters. The number of hydrogen-bond acceptors (Lipinski definition) is 3. The van der Waals surface area contributed by atoms with E-state index in [1.54, 1.807) is 0 Å². The van der Waals surface area contributed by atoms with Gasteiger partial charge in [-0.25, -0.2) is 0 Å². The zero-order valence-electron chi connectivity index (χ0n) is 13.6. The second-order valence-electron chi connectivity index (χ2n) is 6.00.